The van der Waals surface area contributed by atoms with E-state index in [0.29, 0.717) is 11.7 Å². The summed E-state index contributed by atoms with van der Waals surface area (Å²) >= 11 is 0. The van der Waals surface area contributed by atoms with E-state index in [2.05, 4.69) is 38.9 Å². The molecule has 1 aromatic rings. The first kappa shape index (κ1) is 25.4. The van der Waals surface area contributed by atoms with Gasteiger partial charge in [0.25, 0.3) is 0 Å². The van der Waals surface area contributed by atoms with Gasteiger partial charge in [0, 0.05) is 13.1 Å². The molecular formula is C23H42N2O2. The van der Waals surface area contributed by atoms with Gasteiger partial charge in [-0.05, 0) is 88.8 Å². The molecule has 0 unspecified atom stereocenters. The quantitative estimate of drug-likeness (QED) is 0.724. The van der Waals surface area contributed by atoms with Crippen molar-refractivity contribution in [1.29, 1.82) is 0 Å². The number of aromatic hydroxyl groups is 1. The van der Waals surface area contributed by atoms with Crippen molar-refractivity contribution in [2.24, 2.45) is 5.92 Å². The van der Waals surface area contributed by atoms with Crippen molar-refractivity contribution in [1.82, 2.24) is 9.80 Å². The van der Waals surface area contributed by atoms with Crippen LogP contribution in [0.5, 0.6) is 5.75 Å². The smallest absolute Gasteiger partial charge is 0.209 e. The van der Waals surface area contributed by atoms with Crippen molar-refractivity contribution in [2.75, 3.05) is 33.7 Å². The number of benzene rings is 1. The minimum absolute atomic E-state index is 0.413. The second-order valence-corrected chi connectivity index (χ2v) is 7.51. The Morgan fingerprint density at radius 3 is 2.15 bits per heavy atom. The van der Waals surface area contributed by atoms with Crippen LogP contribution in [0, 0.1) is 19.8 Å². The van der Waals surface area contributed by atoms with E-state index >= 15 is 0 Å². The number of piperidine rings is 1. The average Bonchev–Trinajstić information content (AvgIpc) is 2.67. The van der Waals surface area contributed by atoms with Gasteiger partial charge in [0.1, 0.15) is 5.75 Å². The third kappa shape index (κ3) is 10.4. The number of phenols is 1. The molecule has 1 aliphatic heterocycles. The van der Waals surface area contributed by atoms with Crippen LogP contribution in [-0.4, -0.2) is 55.0 Å². The van der Waals surface area contributed by atoms with Crippen LogP contribution in [0.3, 0.4) is 0 Å². The van der Waals surface area contributed by atoms with Gasteiger partial charge in [-0.3, -0.25) is 4.79 Å². The lowest BCUT2D eigenvalue weighted by Gasteiger charge is -2.29. The zero-order valence-corrected chi connectivity index (χ0v) is 18.7. The van der Waals surface area contributed by atoms with Gasteiger partial charge in [-0.1, -0.05) is 33.3 Å². The van der Waals surface area contributed by atoms with Crippen LogP contribution in [-0.2, 0) is 11.2 Å². The lowest BCUT2D eigenvalue weighted by Crippen LogP contribution is -2.33. The number of unbranched alkanes of at least 4 members (excludes halogenated alkanes) is 1. The van der Waals surface area contributed by atoms with E-state index in [9.17, 15) is 9.90 Å². The third-order valence-corrected chi connectivity index (χ3v) is 4.96. The van der Waals surface area contributed by atoms with Crippen LogP contribution < -0.4 is 0 Å². The molecule has 1 aromatic carbocycles. The number of rotatable bonds is 6. The molecule has 0 aromatic heterocycles. The molecule has 4 nitrogen and oxygen atoms in total. The molecule has 4 heteroatoms. The second kappa shape index (κ2) is 14.5. The number of aryl methyl sites for hydroxylation is 2. The molecule has 1 heterocycles. The largest absolute Gasteiger partial charge is 0.508 e. The normalized spacial score (nSPS) is 14.1. The minimum atomic E-state index is 0.413. The number of likely N-dealkylation sites (tertiary alicyclic amines) is 1. The number of carbonyl (C=O) groups is 1. The summed E-state index contributed by atoms with van der Waals surface area (Å²) in [6.07, 6.45) is 6.55. The number of phenolic OH excluding ortho intramolecular Hbond substituents is 1. The molecule has 1 N–H and O–H groups in total. The van der Waals surface area contributed by atoms with E-state index in [-0.39, 0.29) is 0 Å². The van der Waals surface area contributed by atoms with E-state index in [1.807, 2.05) is 31.7 Å². The molecule has 1 fully saturated rings. The number of amides is 1. The fraction of sp³-hybridized carbons (Fsp3) is 0.696. The van der Waals surface area contributed by atoms with Crippen LogP contribution >= 0.6 is 0 Å². The highest BCUT2D eigenvalue weighted by atomic mass is 16.3. The Bertz CT molecular complexity index is 521. The molecule has 1 saturated heterocycles. The average molecular weight is 379 g/mol. The van der Waals surface area contributed by atoms with Crippen LogP contribution in [0.4, 0.5) is 0 Å². The highest BCUT2D eigenvalue weighted by Gasteiger charge is 2.19. The Morgan fingerprint density at radius 2 is 1.70 bits per heavy atom. The number of hydrogen-bond acceptors (Lipinski definition) is 3. The lowest BCUT2D eigenvalue weighted by atomic mass is 9.89. The van der Waals surface area contributed by atoms with E-state index in [1.54, 1.807) is 0 Å². The molecule has 0 saturated carbocycles. The number of nitrogens with zero attached hydrogens (tertiary/aromatic N) is 2. The van der Waals surface area contributed by atoms with Crippen molar-refractivity contribution in [2.45, 2.75) is 66.7 Å². The zero-order valence-electron chi connectivity index (χ0n) is 18.7. The monoisotopic (exact) mass is 378 g/mol. The Kier molecular flexibility index (Phi) is 13.7. The van der Waals surface area contributed by atoms with Gasteiger partial charge in [-0.15, -0.1) is 0 Å². The summed E-state index contributed by atoms with van der Waals surface area (Å²) in [5.74, 6) is 0.991. The van der Waals surface area contributed by atoms with Crippen LogP contribution in [0.2, 0.25) is 0 Å². The summed E-state index contributed by atoms with van der Waals surface area (Å²) in [6.45, 7) is 13.2. The highest BCUT2D eigenvalue weighted by molar-refractivity contribution is 5.47. The Morgan fingerprint density at radius 1 is 1.15 bits per heavy atom. The summed E-state index contributed by atoms with van der Waals surface area (Å²) in [6, 6.07) is 3.95. The predicted molar refractivity (Wildman–Crippen MR) is 116 cm³/mol. The van der Waals surface area contributed by atoms with Crippen molar-refractivity contribution < 1.29 is 9.90 Å². The Labute approximate surface area is 167 Å². The lowest BCUT2D eigenvalue weighted by molar-refractivity contribution is -0.119. The topological polar surface area (TPSA) is 43.8 Å². The van der Waals surface area contributed by atoms with Crippen molar-refractivity contribution in [3.63, 3.8) is 0 Å². The van der Waals surface area contributed by atoms with Gasteiger partial charge in [-0.2, -0.15) is 0 Å². The fourth-order valence-corrected chi connectivity index (χ4v) is 3.07. The minimum Gasteiger partial charge on any atom is -0.508 e. The van der Waals surface area contributed by atoms with Gasteiger partial charge in [0.15, 0.2) is 0 Å². The van der Waals surface area contributed by atoms with Crippen molar-refractivity contribution in [3.05, 3.63) is 28.8 Å². The van der Waals surface area contributed by atoms with Gasteiger partial charge < -0.3 is 14.9 Å². The second-order valence-electron chi connectivity index (χ2n) is 7.51. The van der Waals surface area contributed by atoms with E-state index < -0.39 is 0 Å². The maximum Gasteiger partial charge on any atom is 0.209 e. The number of hydrogen-bond donors (Lipinski definition) is 1. The maximum absolute atomic E-state index is 10.6. The molecule has 2 rings (SSSR count). The molecular weight excluding hydrogens is 336 g/mol. The maximum atomic E-state index is 10.6. The van der Waals surface area contributed by atoms with E-state index in [1.165, 1.54) is 24.9 Å². The first-order valence-electron chi connectivity index (χ1n) is 10.5. The van der Waals surface area contributed by atoms with Crippen molar-refractivity contribution in [3.8, 4) is 5.75 Å². The molecule has 0 aliphatic carbocycles. The summed E-state index contributed by atoms with van der Waals surface area (Å²) in [5.41, 5.74) is 3.41. The molecule has 0 atom stereocenters. The molecule has 0 bridgehead atoms. The Hall–Kier alpha value is -1.55. The Balaban J connectivity index is 0.000000637. The van der Waals surface area contributed by atoms with Gasteiger partial charge >= 0.3 is 0 Å². The number of carbonyl (C=O) groups excluding carboxylic acids is 1. The predicted octanol–water partition coefficient (Wildman–Crippen LogP) is 4.79. The van der Waals surface area contributed by atoms with Crippen LogP contribution in [0.15, 0.2) is 12.1 Å². The van der Waals surface area contributed by atoms with E-state index in [4.69, 9.17) is 0 Å². The van der Waals surface area contributed by atoms with Crippen molar-refractivity contribution >= 4 is 6.41 Å². The highest BCUT2D eigenvalue weighted by Crippen LogP contribution is 2.28. The summed E-state index contributed by atoms with van der Waals surface area (Å²) < 4.78 is 0. The molecule has 0 radical (unpaired) electrons. The molecule has 1 aliphatic rings. The van der Waals surface area contributed by atoms with Gasteiger partial charge in [0.2, 0.25) is 6.41 Å². The zero-order chi connectivity index (χ0) is 20.8. The standard InChI is InChI=1S/C15H21NO2.C6H15N.C2H6/c1-11-7-14(15(18)8-12(11)2)9-13-3-5-16(10-17)6-4-13;1-4-5-6-7(2)3;1-2/h7-8,10,13,18H,3-6,9H2,1-2H3;4-6H2,1-3H3;1-2H3. The van der Waals surface area contributed by atoms with Gasteiger partial charge in [-0.25, -0.2) is 0 Å². The molecule has 1 amide bonds. The first-order valence-corrected chi connectivity index (χ1v) is 10.5. The first-order chi connectivity index (χ1) is 12.9. The summed E-state index contributed by atoms with van der Waals surface area (Å²) in [5, 5.41) is 9.98. The summed E-state index contributed by atoms with van der Waals surface area (Å²) in [7, 11) is 4.21. The molecule has 156 valence electrons. The third-order valence-electron chi connectivity index (χ3n) is 4.96. The summed E-state index contributed by atoms with van der Waals surface area (Å²) in [4.78, 5) is 14.7. The fourth-order valence-electron chi connectivity index (χ4n) is 3.07. The van der Waals surface area contributed by atoms with Crippen LogP contribution in [0.1, 0.15) is 63.1 Å². The molecule has 27 heavy (non-hydrogen) atoms. The SMILES string of the molecule is CC.CCCCN(C)C.Cc1cc(O)c(CC2CCN(C=O)CC2)cc1C. The van der Waals surface area contributed by atoms with Crippen LogP contribution in [0.25, 0.3) is 0 Å². The molecule has 0 spiro atoms. The van der Waals surface area contributed by atoms with Gasteiger partial charge in [0.05, 0.1) is 0 Å². The van der Waals surface area contributed by atoms with E-state index in [0.717, 1.165) is 49.9 Å².